The molecular weight excluding hydrogens is 444 g/mol. The van der Waals surface area contributed by atoms with Crippen LogP contribution in [0.1, 0.15) is 28.4 Å². The first-order chi connectivity index (χ1) is 14.9. The molecule has 5 nitrogen and oxygen atoms in total. The number of hydrogen-bond acceptors (Lipinski definition) is 4. The third-order valence-electron chi connectivity index (χ3n) is 4.40. The monoisotopic (exact) mass is 463 g/mol. The molecule has 0 aliphatic heterocycles. The largest absolute Gasteiger partial charge is 0.490 e. The molecule has 0 aliphatic carbocycles. The lowest BCUT2D eigenvalue weighted by Gasteiger charge is -2.15. The molecule has 0 aliphatic rings. The van der Waals surface area contributed by atoms with Gasteiger partial charge in [-0.1, -0.05) is 35.3 Å². The summed E-state index contributed by atoms with van der Waals surface area (Å²) in [7, 11) is 0. The van der Waals surface area contributed by atoms with Crippen LogP contribution in [-0.2, 0) is 13.2 Å². The van der Waals surface area contributed by atoms with E-state index >= 15 is 0 Å². The summed E-state index contributed by atoms with van der Waals surface area (Å²) >= 11 is 12.0. The lowest BCUT2D eigenvalue weighted by Crippen LogP contribution is -2.04. The third kappa shape index (κ3) is 6.03. The number of nitrogens with one attached hydrogen (secondary N) is 1. The number of ether oxygens (including phenoxy) is 2. The fraction of sp³-hybridized carbons (Fsp3) is 0.174. The van der Waals surface area contributed by atoms with Gasteiger partial charge in [-0.15, -0.1) is 0 Å². The van der Waals surface area contributed by atoms with Gasteiger partial charge in [-0.25, -0.2) is 9.18 Å². The molecule has 8 heteroatoms. The number of hydrogen-bond donors (Lipinski definition) is 2. The summed E-state index contributed by atoms with van der Waals surface area (Å²) in [6, 6.07) is 14.4. The Balaban J connectivity index is 1.71. The quantitative estimate of drug-likeness (QED) is 0.383. The van der Waals surface area contributed by atoms with Crippen molar-refractivity contribution < 1.29 is 23.8 Å². The average Bonchev–Trinajstić information content (AvgIpc) is 2.73. The normalized spacial score (nSPS) is 10.6. The summed E-state index contributed by atoms with van der Waals surface area (Å²) in [5.74, 6) is -0.403. The minimum Gasteiger partial charge on any atom is -0.490 e. The van der Waals surface area contributed by atoms with Crippen molar-refractivity contribution >= 4 is 34.9 Å². The van der Waals surface area contributed by atoms with E-state index < -0.39 is 11.8 Å². The van der Waals surface area contributed by atoms with Gasteiger partial charge in [0.25, 0.3) is 0 Å². The molecule has 3 aromatic rings. The molecular formula is C23H20Cl2FNO4. The van der Waals surface area contributed by atoms with Gasteiger partial charge in [-0.3, -0.25) is 0 Å². The summed E-state index contributed by atoms with van der Waals surface area (Å²) in [5.41, 5.74) is 2.23. The van der Waals surface area contributed by atoms with E-state index in [1.165, 1.54) is 24.3 Å². The first-order valence-corrected chi connectivity index (χ1v) is 10.2. The van der Waals surface area contributed by atoms with E-state index in [9.17, 15) is 14.3 Å². The van der Waals surface area contributed by atoms with Crippen LogP contribution in [0.15, 0.2) is 54.6 Å². The number of aromatic carboxylic acids is 1. The van der Waals surface area contributed by atoms with Crippen LogP contribution in [0.25, 0.3) is 0 Å². The highest BCUT2D eigenvalue weighted by Gasteiger charge is 2.11. The molecule has 3 rings (SSSR count). The molecule has 162 valence electrons. The van der Waals surface area contributed by atoms with Crippen LogP contribution >= 0.6 is 23.2 Å². The van der Waals surface area contributed by atoms with E-state index in [1.54, 1.807) is 18.2 Å². The molecule has 0 aromatic heterocycles. The Morgan fingerprint density at radius 1 is 1.00 bits per heavy atom. The molecule has 31 heavy (non-hydrogen) atoms. The van der Waals surface area contributed by atoms with Gasteiger partial charge in [0.15, 0.2) is 11.5 Å². The van der Waals surface area contributed by atoms with Gasteiger partial charge in [0.1, 0.15) is 12.4 Å². The molecule has 0 saturated heterocycles. The van der Waals surface area contributed by atoms with Gasteiger partial charge in [0.2, 0.25) is 0 Å². The summed E-state index contributed by atoms with van der Waals surface area (Å²) in [5, 5.41) is 12.8. The maximum atomic E-state index is 13.2. The van der Waals surface area contributed by atoms with E-state index in [-0.39, 0.29) is 17.2 Å². The first-order valence-electron chi connectivity index (χ1n) is 9.46. The Bertz CT molecular complexity index is 1090. The van der Waals surface area contributed by atoms with Crippen molar-refractivity contribution in [3.8, 4) is 11.5 Å². The van der Waals surface area contributed by atoms with Crippen molar-refractivity contribution in [2.45, 2.75) is 20.1 Å². The topological polar surface area (TPSA) is 67.8 Å². The SMILES string of the molecule is CCOc1cc(CNc2ccc(Cl)c(C(=O)O)c2)ccc1OCc1ccc(F)cc1Cl. The molecule has 0 radical (unpaired) electrons. The zero-order valence-corrected chi connectivity index (χ0v) is 18.1. The third-order valence-corrected chi connectivity index (χ3v) is 5.08. The Hall–Kier alpha value is -2.96. The first kappa shape index (κ1) is 22.7. The fourth-order valence-electron chi connectivity index (χ4n) is 2.85. The number of carboxylic acids is 1. The predicted octanol–water partition coefficient (Wildman–Crippen LogP) is 6.42. The van der Waals surface area contributed by atoms with Crippen LogP contribution in [-0.4, -0.2) is 17.7 Å². The average molecular weight is 464 g/mol. The predicted molar refractivity (Wildman–Crippen MR) is 119 cm³/mol. The minimum absolute atomic E-state index is 0.0323. The number of rotatable bonds is 9. The fourth-order valence-corrected chi connectivity index (χ4v) is 3.27. The van der Waals surface area contributed by atoms with Gasteiger partial charge >= 0.3 is 5.97 Å². The van der Waals surface area contributed by atoms with Gasteiger partial charge in [-0.05, 0) is 55.0 Å². The van der Waals surface area contributed by atoms with Crippen LogP contribution in [0.2, 0.25) is 10.0 Å². The van der Waals surface area contributed by atoms with Crippen LogP contribution < -0.4 is 14.8 Å². The summed E-state index contributed by atoms with van der Waals surface area (Å²) < 4.78 is 24.7. The van der Waals surface area contributed by atoms with E-state index in [0.29, 0.717) is 40.9 Å². The maximum absolute atomic E-state index is 13.2. The number of carboxylic acid groups (broad SMARTS) is 1. The Kier molecular flexibility index (Phi) is 7.60. The number of carbonyl (C=O) groups is 1. The molecule has 3 aromatic carbocycles. The molecule has 0 spiro atoms. The van der Waals surface area contributed by atoms with Crippen LogP contribution in [0, 0.1) is 5.82 Å². The van der Waals surface area contributed by atoms with E-state index in [0.717, 1.165) is 5.56 Å². The smallest absolute Gasteiger partial charge is 0.337 e. The zero-order chi connectivity index (χ0) is 22.4. The second-order valence-electron chi connectivity index (χ2n) is 6.59. The highest BCUT2D eigenvalue weighted by atomic mass is 35.5. The molecule has 0 saturated carbocycles. The summed E-state index contributed by atoms with van der Waals surface area (Å²) in [6.07, 6.45) is 0. The minimum atomic E-state index is -1.09. The summed E-state index contributed by atoms with van der Waals surface area (Å²) in [4.78, 5) is 11.2. The number of anilines is 1. The molecule has 0 fully saturated rings. The van der Waals surface area contributed by atoms with Crippen molar-refractivity contribution in [2.24, 2.45) is 0 Å². The van der Waals surface area contributed by atoms with Crippen LogP contribution in [0.4, 0.5) is 10.1 Å². The standard InChI is InChI=1S/C23H20Cl2FNO4/c1-2-30-22-9-14(12-27-17-6-7-19(24)18(11-17)23(28)29)3-8-21(22)31-13-15-4-5-16(26)10-20(15)25/h3-11,27H,2,12-13H2,1H3,(H,28,29). The van der Waals surface area contributed by atoms with E-state index in [1.807, 2.05) is 19.1 Å². The van der Waals surface area contributed by atoms with Crippen molar-refractivity contribution in [3.63, 3.8) is 0 Å². The van der Waals surface area contributed by atoms with E-state index in [4.69, 9.17) is 32.7 Å². The Morgan fingerprint density at radius 2 is 1.81 bits per heavy atom. The van der Waals surface area contributed by atoms with Crippen molar-refractivity contribution in [2.75, 3.05) is 11.9 Å². The van der Waals surface area contributed by atoms with Crippen LogP contribution in [0.5, 0.6) is 11.5 Å². The molecule has 0 atom stereocenters. The second-order valence-corrected chi connectivity index (χ2v) is 7.41. The van der Waals surface area contributed by atoms with Gasteiger partial charge in [0, 0.05) is 17.8 Å². The molecule has 0 amide bonds. The van der Waals surface area contributed by atoms with Crippen molar-refractivity contribution in [1.82, 2.24) is 0 Å². The molecule has 2 N–H and O–H groups in total. The number of benzene rings is 3. The van der Waals surface area contributed by atoms with E-state index in [2.05, 4.69) is 5.32 Å². The zero-order valence-electron chi connectivity index (χ0n) is 16.6. The molecule has 0 unspecified atom stereocenters. The maximum Gasteiger partial charge on any atom is 0.337 e. The Labute approximate surface area is 189 Å². The van der Waals surface area contributed by atoms with Crippen LogP contribution in [0.3, 0.4) is 0 Å². The number of halogens is 3. The van der Waals surface area contributed by atoms with Crippen molar-refractivity contribution in [3.05, 3.63) is 87.2 Å². The van der Waals surface area contributed by atoms with Gasteiger partial charge in [-0.2, -0.15) is 0 Å². The molecule has 0 heterocycles. The van der Waals surface area contributed by atoms with Gasteiger partial charge < -0.3 is 19.9 Å². The second kappa shape index (κ2) is 10.4. The molecule has 0 bridgehead atoms. The van der Waals surface area contributed by atoms with Gasteiger partial charge in [0.05, 0.1) is 22.2 Å². The summed E-state index contributed by atoms with van der Waals surface area (Å²) in [6.45, 7) is 2.92. The lowest BCUT2D eigenvalue weighted by molar-refractivity contribution is 0.0697. The lowest BCUT2D eigenvalue weighted by atomic mass is 10.1. The highest BCUT2D eigenvalue weighted by Crippen LogP contribution is 2.31. The van der Waals surface area contributed by atoms with Crippen molar-refractivity contribution in [1.29, 1.82) is 0 Å². The highest BCUT2D eigenvalue weighted by molar-refractivity contribution is 6.33. The Morgan fingerprint density at radius 3 is 2.52 bits per heavy atom.